The fourth-order valence-corrected chi connectivity index (χ4v) is 2.44. The molecule has 1 aromatic heterocycles. The molecule has 1 aliphatic rings. The number of carboxylic acids is 1. The van der Waals surface area contributed by atoms with Crippen LogP contribution in [0, 0.1) is 0 Å². The first-order valence-electron chi connectivity index (χ1n) is 6.36. The lowest BCUT2D eigenvalue weighted by Gasteiger charge is -2.34. The second kappa shape index (κ2) is 5.88. The maximum atomic E-state index is 11.9. The Morgan fingerprint density at radius 1 is 1.62 bits per heavy atom. The Bertz CT molecular complexity index is 598. The Hall–Kier alpha value is -1.83. The molecule has 21 heavy (non-hydrogen) atoms. The van der Waals surface area contributed by atoms with Gasteiger partial charge in [-0.1, -0.05) is 0 Å². The van der Waals surface area contributed by atoms with Crippen LogP contribution in [0.25, 0.3) is 0 Å². The van der Waals surface area contributed by atoms with Crippen LogP contribution >= 0.6 is 15.9 Å². The maximum Gasteiger partial charge on any atom is 0.354 e. The summed E-state index contributed by atoms with van der Waals surface area (Å²) in [5, 5.41) is 13.7. The molecule has 8 heteroatoms. The van der Waals surface area contributed by atoms with Crippen molar-refractivity contribution in [2.24, 2.45) is 0 Å². The third-order valence-electron chi connectivity index (χ3n) is 3.63. The van der Waals surface area contributed by atoms with Crippen LogP contribution in [0.15, 0.2) is 16.7 Å². The minimum atomic E-state index is -1.18. The van der Waals surface area contributed by atoms with Gasteiger partial charge < -0.3 is 19.6 Å². The molecule has 0 aromatic carbocycles. The zero-order valence-electron chi connectivity index (χ0n) is 11.7. The van der Waals surface area contributed by atoms with E-state index in [1.165, 1.54) is 0 Å². The van der Waals surface area contributed by atoms with Crippen LogP contribution in [-0.2, 0) is 9.53 Å². The highest BCUT2D eigenvalue weighted by molar-refractivity contribution is 9.10. The van der Waals surface area contributed by atoms with Crippen LogP contribution in [0.5, 0.6) is 0 Å². The number of rotatable bonds is 4. The number of aliphatic carboxylic acids is 1. The summed E-state index contributed by atoms with van der Waals surface area (Å²) in [7, 11) is 1.79. The van der Waals surface area contributed by atoms with Gasteiger partial charge in [0, 0.05) is 17.1 Å². The van der Waals surface area contributed by atoms with E-state index >= 15 is 0 Å². The molecule has 0 saturated carbocycles. The molecule has 0 amide bonds. The molecular weight excluding hydrogens is 342 g/mol. The molecular formula is C13H16BrN3O4. The molecule has 2 N–H and O–H groups in total. The number of likely N-dealkylation sites (N-methyl/N-ethyl adjacent to an activating group) is 1. The van der Waals surface area contributed by atoms with Crippen LogP contribution in [0.3, 0.4) is 0 Å². The van der Waals surface area contributed by atoms with E-state index in [2.05, 4.69) is 26.2 Å². The molecule has 0 bridgehead atoms. The normalized spacial score (nSPS) is 24.9. The summed E-state index contributed by atoms with van der Waals surface area (Å²) >= 11 is 3.24. The minimum absolute atomic E-state index is 0.0704. The number of ether oxygens (including phenoxy) is 1. The lowest BCUT2D eigenvalue weighted by molar-refractivity contribution is -0.586. The molecule has 2 heterocycles. The number of aromatic nitrogens is 1. The molecule has 0 fully saturated rings. The van der Waals surface area contributed by atoms with Gasteiger partial charge in [-0.2, -0.15) is 0 Å². The average Bonchev–Trinajstić information content (AvgIpc) is 2.86. The van der Waals surface area contributed by atoms with Crippen molar-refractivity contribution in [2.75, 3.05) is 13.7 Å². The van der Waals surface area contributed by atoms with Gasteiger partial charge in [0.2, 0.25) is 6.34 Å². The largest absolute Gasteiger partial charge is 0.546 e. The Morgan fingerprint density at radius 3 is 2.90 bits per heavy atom. The predicted molar refractivity (Wildman–Crippen MR) is 76.0 cm³/mol. The van der Waals surface area contributed by atoms with Crippen LogP contribution in [-0.4, -0.2) is 53.1 Å². The highest BCUT2D eigenvalue weighted by Gasteiger charge is 2.40. The van der Waals surface area contributed by atoms with Gasteiger partial charge in [0.05, 0.1) is 13.0 Å². The number of carbonyl (C=O) groups excluding carboxylic acids is 2. The van der Waals surface area contributed by atoms with Crippen molar-refractivity contribution < 1.29 is 24.0 Å². The zero-order valence-corrected chi connectivity index (χ0v) is 13.3. The van der Waals surface area contributed by atoms with E-state index in [9.17, 15) is 14.7 Å². The van der Waals surface area contributed by atoms with Crippen molar-refractivity contribution in [1.29, 1.82) is 0 Å². The van der Waals surface area contributed by atoms with E-state index in [-0.39, 0.29) is 13.0 Å². The molecule has 2 rings (SSSR count). The third kappa shape index (κ3) is 3.44. The summed E-state index contributed by atoms with van der Waals surface area (Å²) in [6.45, 7) is 1.90. The predicted octanol–water partition coefficient (Wildman–Crippen LogP) is -0.525. The molecule has 0 unspecified atom stereocenters. The standard InChI is InChI=1S/C13H16BrN3O4/c1-13(4-10(11(18)19)16-7-17(13)2)6-21-12(20)9-3-8(14)5-15-9/h3,5,7,10H,4,6H2,1-2H3,(H2,15,18,19,20)/t10-,13-/m0/s1. The molecule has 7 nitrogen and oxygen atoms in total. The molecule has 0 saturated heterocycles. The quantitative estimate of drug-likeness (QED) is 0.558. The fourth-order valence-electron chi connectivity index (χ4n) is 2.10. The van der Waals surface area contributed by atoms with Gasteiger partial charge in [0.1, 0.15) is 23.9 Å². The van der Waals surface area contributed by atoms with Gasteiger partial charge in [0.15, 0.2) is 0 Å². The molecule has 0 aliphatic carbocycles. The number of halogens is 1. The van der Waals surface area contributed by atoms with E-state index in [1.54, 1.807) is 30.2 Å². The lowest BCUT2D eigenvalue weighted by atomic mass is 9.92. The Balaban J connectivity index is 2.03. The van der Waals surface area contributed by atoms with Crippen molar-refractivity contribution >= 4 is 34.2 Å². The number of carboxylic acid groups (broad SMARTS) is 1. The fraction of sp³-hybridized carbons (Fsp3) is 0.462. The minimum Gasteiger partial charge on any atom is -0.546 e. The van der Waals surface area contributed by atoms with Crippen molar-refractivity contribution in [2.45, 2.75) is 24.9 Å². The smallest absolute Gasteiger partial charge is 0.354 e. The van der Waals surface area contributed by atoms with Gasteiger partial charge in [-0.25, -0.2) is 4.79 Å². The highest BCUT2D eigenvalue weighted by Crippen LogP contribution is 2.20. The first kappa shape index (κ1) is 15.6. The zero-order chi connectivity index (χ0) is 15.6. The summed E-state index contributed by atoms with van der Waals surface area (Å²) in [5.41, 5.74) is -0.280. The number of H-pyrrole nitrogens is 1. The summed E-state index contributed by atoms with van der Waals surface area (Å²) in [6.07, 6.45) is 3.46. The van der Waals surface area contributed by atoms with Gasteiger partial charge in [0.25, 0.3) is 0 Å². The topological polar surface area (TPSA) is 97.3 Å². The lowest BCUT2D eigenvalue weighted by Crippen LogP contribution is -2.59. The Labute approximate surface area is 130 Å². The molecule has 114 valence electrons. The molecule has 0 radical (unpaired) electrons. The van der Waals surface area contributed by atoms with Gasteiger partial charge in [-0.3, -0.25) is 9.89 Å². The number of esters is 1. The summed E-state index contributed by atoms with van der Waals surface area (Å²) < 4.78 is 7.84. The number of nitrogens with zero attached hydrogens (tertiary/aromatic N) is 1. The SMILES string of the molecule is C[N+]1=CN[C@H](C(=O)[O-])C[C@@]1(C)COC(=O)c1cc(Br)c[nH]1. The number of aromatic amines is 1. The molecule has 1 aliphatic heterocycles. The first-order chi connectivity index (χ1) is 9.82. The number of nitrogens with one attached hydrogen (secondary N) is 2. The second-order valence-corrected chi connectivity index (χ2v) is 6.20. The van der Waals surface area contributed by atoms with Crippen LogP contribution in [0.1, 0.15) is 23.8 Å². The van der Waals surface area contributed by atoms with Crippen LogP contribution < -0.4 is 10.4 Å². The maximum absolute atomic E-state index is 11.9. The summed E-state index contributed by atoms with van der Waals surface area (Å²) in [6, 6.07) is 0.817. The Kier molecular flexibility index (Phi) is 4.36. The van der Waals surface area contributed by atoms with E-state index < -0.39 is 23.5 Å². The average molecular weight is 358 g/mol. The van der Waals surface area contributed by atoms with E-state index in [4.69, 9.17) is 4.74 Å². The number of carbonyl (C=O) groups is 2. The summed E-state index contributed by atoms with van der Waals surface area (Å²) in [5.74, 6) is -1.66. The van der Waals surface area contributed by atoms with Crippen molar-refractivity contribution in [1.82, 2.24) is 10.3 Å². The Morgan fingerprint density at radius 2 is 2.33 bits per heavy atom. The number of hydrogen-bond donors (Lipinski definition) is 2. The molecule has 1 aromatic rings. The highest BCUT2D eigenvalue weighted by atomic mass is 79.9. The first-order valence-corrected chi connectivity index (χ1v) is 7.15. The van der Waals surface area contributed by atoms with Crippen LogP contribution in [0.2, 0.25) is 0 Å². The van der Waals surface area contributed by atoms with E-state index in [0.717, 1.165) is 4.47 Å². The van der Waals surface area contributed by atoms with Crippen LogP contribution in [0.4, 0.5) is 0 Å². The molecule has 2 atom stereocenters. The van der Waals surface area contributed by atoms with Gasteiger partial charge in [-0.15, -0.1) is 0 Å². The molecule has 0 spiro atoms. The number of hydrogen-bond acceptors (Lipinski definition) is 5. The van der Waals surface area contributed by atoms with Gasteiger partial charge >= 0.3 is 5.97 Å². The van der Waals surface area contributed by atoms with Crippen molar-refractivity contribution in [3.8, 4) is 0 Å². The van der Waals surface area contributed by atoms with Crippen molar-refractivity contribution in [3.05, 3.63) is 22.4 Å². The second-order valence-electron chi connectivity index (χ2n) is 5.29. The monoisotopic (exact) mass is 357 g/mol. The van der Waals surface area contributed by atoms with Gasteiger partial charge in [-0.05, 0) is 28.9 Å². The van der Waals surface area contributed by atoms with E-state index in [0.29, 0.717) is 5.69 Å². The van der Waals surface area contributed by atoms with E-state index in [1.807, 2.05) is 6.92 Å². The third-order valence-corrected chi connectivity index (χ3v) is 4.09. The van der Waals surface area contributed by atoms with Crippen molar-refractivity contribution in [3.63, 3.8) is 0 Å². The summed E-state index contributed by atoms with van der Waals surface area (Å²) in [4.78, 5) is 25.7.